The molecule has 0 aromatic rings. The van der Waals surface area contributed by atoms with E-state index in [-0.39, 0.29) is 0 Å². The average Bonchev–Trinajstić information content (AvgIpc) is 2.05. The summed E-state index contributed by atoms with van der Waals surface area (Å²) in [6.07, 6.45) is 0. The smallest absolute Gasteiger partial charge is 0.306 e. The normalized spacial score (nSPS) is 10.8. The van der Waals surface area contributed by atoms with Crippen LogP contribution in [0.15, 0.2) is 0 Å². The van der Waals surface area contributed by atoms with Crippen molar-refractivity contribution in [3.63, 3.8) is 0 Å². The molecule has 0 aromatic carbocycles. The van der Waals surface area contributed by atoms with E-state index in [1.54, 1.807) is 26.9 Å². The molecule has 5 heteroatoms. The highest BCUT2D eigenvalue weighted by Crippen LogP contribution is 2.09. The highest BCUT2D eigenvalue weighted by Gasteiger charge is 2.43. The minimum absolute atomic E-state index is 0.300. The Bertz CT molecular complexity index is 180. The third kappa shape index (κ3) is 3.18. The zero-order valence-corrected chi connectivity index (χ0v) is 9.55. The molecular formula is C8H16O4Si. The van der Waals surface area contributed by atoms with Gasteiger partial charge in [-0.1, -0.05) is 0 Å². The molecule has 4 nitrogen and oxygen atoms in total. The van der Waals surface area contributed by atoms with E-state index >= 15 is 0 Å². The number of rotatable bonds is 4. The van der Waals surface area contributed by atoms with Gasteiger partial charge in [-0.15, -0.1) is 0 Å². The first kappa shape index (κ1) is 12.2. The van der Waals surface area contributed by atoms with Crippen molar-refractivity contribution in [2.24, 2.45) is 0 Å². The summed E-state index contributed by atoms with van der Waals surface area (Å²) < 4.78 is 9.59. The van der Waals surface area contributed by atoms with Gasteiger partial charge in [0.1, 0.15) is 0 Å². The van der Waals surface area contributed by atoms with Crippen molar-refractivity contribution in [1.29, 1.82) is 0 Å². The van der Waals surface area contributed by atoms with Gasteiger partial charge in [0.05, 0.1) is 13.2 Å². The van der Waals surface area contributed by atoms with Gasteiger partial charge in [0.25, 0.3) is 11.2 Å². The predicted molar refractivity (Wildman–Crippen MR) is 51.5 cm³/mol. The van der Waals surface area contributed by atoms with Crippen molar-refractivity contribution in [3.05, 3.63) is 0 Å². The topological polar surface area (TPSA) is 52.6 Å². The van der Waals surface area contributed by atoms with Crippen LogP contribution in [0.4, 0.5) is 9.59 Å². The highest BCUT2D eigenvalue weighted by molar-refractivity contribution is 7.22. The fourth-order valence-electron chi connectivity index (χ4n) is 0.706. The predicted octanol–water partition coefficient (Wildman–Crippen LogP) is 2.17. The van der Waals surface area contributed by atoms with Crippen molar-refractivity contribution in [1.82, 2.24) is 0 Å². The van der Waals surface area contributed by atoms with Gasteiger partial charge in [-0.3, -0.25) is 9.59 Å². The summed E-state index contributed by atoms with van der Waals surface area (Å²) in [4.78, 5) is 22.6. The lowest BCUT2D eigenvalue weighted by Gasteiger charge is -2.17. The largest absolute Gasteiger partial charge is 0.470 e. The lowest BCUT2D eigenvalue weighted by molar-refractivity contribution is 0.167. The molecule has 0 atom stereocenters. The Morgan fingerprint density at radius 2 is 1.31 bits per heavy atom. The zero-order chi connectivity index (χ0) is 10.5. The average molecular weight is 204 g/mol. The van der Waals surface area contributed by atoms with Crippen molar-refractivity contribution in [2.75, 3.05) is 13.2 Å². The zero-order valence-electron chi connectivity index (χ0n) is 8.55. The summed E-state index contributed by atoms with van der Waals surface area (Å²) in [5.41, 5.74) is -0.818. The van der Waals surface area contributed by atoms with E-state index in [0.717, 1.165) is 0 Å². The fraction of sp³-hybridized carbons (Fsp3) is 0.750. The minimum atomic E-state index is -2.67. The number of ether oxygens (including phenoxy) is 2. The van der Waals surface area contributed by atoms with E-state index in [2.05, 4.69) is 0 Å². The first-order chi connectivity index (χ1) is 5.96. The van der Waals surface area contributed by atoms with Crippen LogP contribution in [0, 0.1) is 0 Å². The molecule has 0 spiro atoms. The quantitative estimate of drug-likeness (QED) is 0.658. The van der Waals surface area contributed by atoms with E-state index in [1.165, 1.54) is 0 Å². The van der Waals surface area contributed by atoms with Crippen LogP contribution < -0.4 is 0 Å². The van der Waals surface area contributed by atoms with Gasteiger partial charge >= 0.3 is 8.07 Å². The monoisotopic (exact) mass is 204 g/mol. The highest BCUT2D eigenvalue weighted by atomic mass is 28.3. The van der Waals surface area contributed by atoms with Crippen LogP contribution >= 0.6 is 0 Å². The maximum atomic E-state index is 11.3. The molecule has 0 rings (SSSR count). The van der Waals surface area contributed by atoms with E-state index < -0.39 is 19.3 Å². The third-order valence-corrected chi connectivity index (χ3v) is 3.90. The molecule has 0 bridgehead atoms. The lowest BCUT2D eigenvalue weighted by Crippen LogP contribution is -2.47. The molecule has 0 aliphatic rings. The van der Waals surface area contributed by atoms with E-state index in [4.69, 9.17) is 9.47 Å². The second-order valence-electron chi connectivity index (χ2n) is 3.07. The van der Waals surface area contributed by atoms with Crippen LogP contribution in [-0.2, 0) is 9.47 Å². The first-order valence-electron chi connectivity index (χ1n) is 4.31. The van der Waals surface area contributed by atoms with Crippen molar-refractivity contribution in [3.8, 4) is 0 Å². The van der Waals surface area contributed by atoms with E-state index in [9.17, 15) is 9.59 Å². The maximum absolute atomic E-state index is 11.3. The number of carbonyl (C=O) groups is 2. The molecule has 0 aliphatic heterocycles. The summed E-state index contributed by atoms with van der Waals surface area (Å²) in [6, 6.07) is 0. The Balaban J connectivity index is 4.36. The Labute approximate surface area is 79.2 Å². The van der Waals surface area contributed by atoms with E-state index in [0.29, 0.717) is 13.2 Å². The van der Waals surface area contributed by atoms with Crippen molar-refractivity contribution in [2.45, 2.75) is 26.9 Å². The lowest BCUT2D eigenvalue weighted by atomic mass is 10.9. The molecule has 0 amide bonds. The molecule has 0 saturated heterocycles. The molecule has 0 unspecified atom stereocenters. The number of hydrogen-bond acceptors (Lipinski definition) is 4. The number of carbonyl (C=O) groups excluding carboxylic acids is 2. The van der Waals surface area contributed by atoms with Gasteiger partial charge in [0.2, 0.25) is 0 Å². The molecule has 0 aromatic heterocycles. The fourth-order valence-corrected chi connectivity index (χ4v) is 1.88. The Hall–Kier alpha value is -0.843. The Kier molecular flexibility index (Phi) is 4.69. The maximum Gasteiger partial charge on any atom is 0.306 e. The number of hydrogen-bond donors (Lipinski definition) is 0. The third-order valence-electron chi connectivity index (χ3n) is 1.57. The SMILES string of the molecule is CCOC(=O)[Si](C)(C)C(=O)OCC. The molecule has 13 heavy (non-hydrogen) atoms. The van der Waals surface area contributed by atoms with Gasteiger partial charge in [-0.25, -0.2) is 0 Å². The standard InChI is InChI=1S/C8H16O4Si/c1-5-11-7(9)13(3,4)8(10)12-6-2/h5-6H2,1-4H3. The molecule has 0 fully saturated rings. The first-order valence-corrected chi connectivity index (χ1v) is 7.31. The summed E-state index contributed by atoms with van der Waals surface area (Å²) in [5.74, 6) is 0. The van der Waals surface area contributed by atoms with Crippen molar-refractivity contribution < 1.29 is 19.1 Å². The van der Waals surface area contributed by atoms with Gasteiger partial charge in [0.15, 0.2) is 0 Å². The van der Waals surface area contributed by atoms with Crippen LogP contribution in [0.1, 0.15) is 13.8 Å². The van der Waals surface area contributed by atoms with Crippen LogP contribution in [0.2, 0.25) is 13.1 Å². The second kappa shape index (κ2) is 5.01. The summed E-state index contributed by atoms with van der Waals surface area (Å²) in [6.45, 7) is 7.29. The molecule has 0 aliphatic carbocycles. The molecule has 0 saturated carbocycles. The van der Waals surface area contributed by atoms with Gasteiger partial charge in [-0.2, -0.15) is 0 Å². The van der Waals surface area contributed by atoms with Crippen molar-refractivity contribution >= 4 is 19.3 Å². The van der Waals surface area contributed by atoms with Crippen LogP contribution in [-0.4, -0.2) is 32.5 Å². The van der Waals surface area contributed by atoms with Crippen LogP contribution in [0.3, 0.4) is 0 Å². The van der Waals surface area contributed by atoms with Crippen LogP contribution in [0.5, 0.6) is 0 Å². The van der Waals surface area contributed by atoms with Gasteiger partial charge in [-0.05, 0) is 26.9 Å². The van der Waals surface area contributed by atoms with Gasteiger partial charge in [0, 0.05) is 0 Å². The summed E-state index contributed by atoms with van der Waals surface area (Å²) in [5, 5.41) is 0. The molecule has 0 radical (unpaired) electrons. The molecular weight excluding hydrogens is 188 g/mol. The second-order valence-corrected chi connectivity index (χ2v) is 7.13. The van der Waals surface area contributed by atoms with Gasteiger partial charge < -0.3 is 9.47 Å². The summed E-state index contributed by atoms with van der Waals surface area (Å²) >= 11 is 0. The molecule has 76 valence electrons. The van der Waals surface area contributed by atoms with E-state index in [1.807, 2.05) is 0 Å². The Morgan fingerprint density at radius 3 is 1.54 bits per heavy atom. The Morgan fingerprint density at radius 1 is 1.00 bits per heavy atom. The minimum Gasteiger partial charge on any atom is -0.470 e. The molecule has 0 heterocycles. The van der Waals surface area contributed by atoms with Crippen LogP contribution in [0.25, 0.3) is 0 Å². The molecule has 0 N–H and O–H groups in total. The summed E-state index contributed by atoms with van der Waals surface area (Å²) in [7, 11) is -2.67.